The van der Waals surface area contributed by atoms with Crippen molar-refractivity contribution in [3.8, 4) is 11.5 Å². The molecule has 0 N–H and O–H groups in total. The third kappa shape index (κ3) is 4.49. The molecule has 28 heavy (non-hydrogen) atoms. The number of carbonyl (C=O) groups excluding carboxylic acids is 2. The van der Waals surface area contributed by atoms with Crippen molar-refractivity contribution < 1.29 is 19.1 Å². The molecule has 5 nitrogen and oxygen atoms in total. The normalized spacial score (nSPS) is 15.5. The minimum absolute atomic E-state index is 0.229. The molecule has 0 spiro atoms. The van der Waals surface area contributed by atoms with Crippen LogP contribution in [0, 0.1) is 0 Å². The fourth-order valence-electron chi connectivity index (χ4n) is 2.41. The van der Waals surface area contributed by atoms with Gasteiger partial charge in [0, 0.05) is 27.1 Å². The van der Waals surface area contributed by atoms with E-state index in [-0.39, 0.29) is 17.8 Å². The van der Waals surface area contributed by atoms with E-state index >= 15 is 0 Å². The van der Waals surface area contributed by atoms with E-state index in [1.807, 2.05) is 0 Å². The standard InChI is InChI=1S/C19H14BrCl2NO4S/c1-23-18(24)17(28-19(23)25)6-11-5-15(26-2)16(8-13(11)20)27-9-10-3-4-12(21)7-14(10)22/h3-8H,9H2,1-2H3/b17-6-. The molecular formula is C19H14BrCl2NO4S. The van der Waals surface area contributed by atoms with Crippen LogP contribution in [-0.2, 0) is 11.4 Å². The van der Waals surface area contributed by atoms with Crippen molar-refractivity contribution in [2.75, 3.05) is 14.2 Å². The summed E-state index contributed by atoms with van der Waals surface area (Å²) in [6.45, 7) is 0.229. The van der Waals surface area contributed by atoms with Crippen LogP contribution in [0.3, 0.4) is 0 Å². The summed E-state index contributed by atoms with van der Waals surface area (Å²) in [5.41, 5.74) is 1.47. The van der Waals surface area contributed by atoms with Gasteiger partial charge in [0.2, 0.25) is 0 Å². The quantitative estimate of drug-likeness (QED) is 0.468. The number of imide groups is 1. The van der Waals surface area contributed by atoms with E-state index in [4.69, 9.17) is 32.7 Å². The Bertz CT molecular complexity index is 996. The Morgan fingerprint density at radius 2 is 1.93 bits per heavy atom. The first-order valence-electron chi connectivity index (χ1n) is 7.96. The average molecular weight is 503 g/mol. The molecule has 2 aromatic rings. The van der Waals surface area contributed by atoms with Gasteiger partial charge in [0.15, 0.2) is 11.5 Å². The molecule has 0 aromatic heterocycles. The molecule has 3 rings (SSSR count). The minimum atomic E-state index is -0.335. The molecule has 0 bridgehead atoms. The maximum Gasteiger partial charge on any atom is 0.293 e. The Labute approximate surface area is 184 Å². The van der Waals surface area contributed by atoms with Gasteiger partial charge in [-0.05, 0) is 47.7 Å². The minimum Gasteiger partial charge on any atom is -0.493 e. The lowest BCUT2D eigenvalue weighted by Crippen LogP contribution is -2.22. The van der Waals surface area contributed by atoms with E-state index in [9.17, 15) is 9.59 Å². The van der Waals surface area contributed by atoms with Crippen molar-refractivity contribution in [2.45, 2.75) is 6.61 Å². The van der Waals surface area contributed by atoms with Crippen molar-refractivity contribution in [3.05, 3.63) is 60.9 Å². The lowest BCUT2D eigenvalue weighted by atomic mass is 10.1. The highest BCUT2D eigenvalue weighted by Gasteiger charge is 2.32. The first kappa shape index (κ1) is 21.0. The van der Waals surface area contributed by atoms with Gasteiger partial charge in [-0.2, -0.15) is 0 Å². The van der Waals surface area contributed by atoms with Crippen LogP contribution in [-0.4, -0.2) is 30.2 Å². The summed E-state index contributed by atoms with van der Waals surface area (Å²) < 4.78 is 12.0. The molecule has 1 fully saturated rings. The Morgan fingerprint density at radius 1 is 1.18 bits per heavy atom. The maximum atomic E-state index is 12.1. The highest BCUT2D eigenvalue weighted by atomic mass is 79.9. The number of ether oxygens (including phenoxy) is 2. The average Bonchev–Trinajstić information content (AvgIpc) is 2.89. The fraction of sp³-hybridized carbons (Fsp3) is 0.158. The van der Waals surface area contributed by atoms with E-state index in [1.54, 1.807) is 36.4 Å². The Hall–Kier alpha value is -1.67. The smallest absolute Gasteiger partial charge is 0.293 e. The zero-order valence-electron chi connectivity index (χ0n) is 14.8. The third-order valence-corrected chi connectivity index (χ3v) is 6.19. The fourth-order valence-corrected chi connectivity index (χ4v) is 4.13. The van der Waals surface area contributed by atoms with Gasteiger partial charge in [-0.25, -0.2) is 0 Å². The summed E-state index contributed by atoms with van der Waals surface area (Å²) in [6.07, 6.45) is 1.64. The molecule has 1 aliphatic rings. The molecular weight excluding hydrogens is 489 g/mol. The first-order chi connectivity index (χ1) is 13.3. The molecule has 0 unspecified atom stereocenters. The second kappa shape index (κ2) is 8.78. The molecule has 0 aliphatic carbocycles. The van der Waals surface area contributed by atoms with Crippen molar-refractivity contribution in [2.24, 2.45) is 0 Å². The lowest BCUT2D eigenvalue weighted by molar-refractivity contribution is -0.121. The molecule has 0 saturated carbocycles. The van der Waals surface area contributed by atoms with Crippen LogP contribution in [0.15, 0.2) is 39.7 Å². The van der Waals surface area contributed by atoms with Gasteiger partial charge >= 0.3 is 0 Å². The van der Waals surface area contributed by atoms with E-state index in [0.29, 0.717) is 36.5 Å². The number of halogens is 3. The number of hydrogen-bond donors (Lipinski definition) is 0. The Balaban J connectivity index is 1.85. The van der Waals surface area contributed by atoms with Crippen LogP contribution in [0.4, 0.5) is 4.79 Å². The highest BCUT2D eigenvalue weighted by Crippen LogP contribution is 2.38. The van der Waals surface area contributed by atoms with E-state index in [2.05, 4.69) is 15.9 Å². The van der Waals surface area contributed by atoms with Crippen LogP contribution < -0.4 is 9.47 Å². The number of benzene rings is 2. The van der Waals surface area contributed by atoms with Crippen LogP contribution in [0.2, 0.25) is 10.0 Å². The van der Waals surface area contributed by atoms with Gasteiger partial charge in [-0.1, -0.05) is 45.2 Å². The summed E-state index contributed by atoms with van der Waals surface area (Å²) >= 11 is 16.5. The topological polar surface area (TPSA) is 55.8 Å². The summed E-state index contributed by atoms with van der Waals surface area (Å²) in [5.74, 6) is 0.648. The summed E-state index contributed by atoms with van der Waals surface area (Å²) in [5, 5.41) is 0.756. The Kier molecular flexibility index (Phi) is 6.60. The van der Waals surface area contributed by atoms with E-state index in [1.165, 1.54) is 14.2 Å². The zero-order valence-corrected chi connectivity index (χ0v) is 18.7. The van der Waals surface area contributed by atoms with Crippen LogP contribution >= 0.6 is 50.9 Å². The van der Waals surface area contributed by atoms with Crippen LogP contribution in [0.25, 0.3) is 6.08 Å². The molecule has 1 aliphatic heterocycles. The number of nitrogens with zero attached hydrogens (tertiary/aromatic N) is 1. The lowest BCUT2D eigenvalue weighted by Gasteiger charge is -2.14. The van der Waals surface area contributed by atoms with Gasteiger partial charge in [-0.3, -0.25) is 14.5 Å². The molecule has 0 radical (unpaired) electrons. The maximum absolute atomic E-state index is 12.1. The molecule has 1 heterocycles. The van der Waals surface area contributed by atoms with E-state index in [0.717, 1.165) is 22.2 Å². The van der Waals surface area contributed by atoms with Crippen LogP contribution in [0.1, 0.15) is 11.1 Å². The zero-order chi connectivity index (χ0) is 20.4. The largest absolute Gasteiger partial charge is 0.493 e. The van der Waals surface area contributed by atoms with Crippen molar-refractivity contribution in [3.63, 3.8) is 0 Å². The number of rotatable bonds is 5. The Morgan fingerprint density at radius 3 is 2.54 bits per heavy atom. The van der Waals surface area contributed by atoms with Crippen molar-refractivity contribution in [1.82, 2.24) is 4.90 Å². The number of carbonyl (C=O) groups is 2. The van der Waals surface area contributed by atoms with Gasteiger partial charge in [0.05, 0.1) is 12.0 Å². The SMILES string of the molecule is COc1cc(/C=C2\SC(=O)N(C)C2=O)c(Br)cc1OCc1ccc(Cl)cc1Cl. The second-order valence-electron chi connectivity index (χ2n) is 5.79. The highest BCUT2D eigenvalue weighted by molar-refractivity contribution is 9.10. The van der Waals surface area contributed by atoms with Crippen molar-refractivity contribution >= 4 is 68.1 Å². The third-order valence-electron chi connectivity index (χ3n) is 3.95. The summed E-state index contributed by atoms with van der Waals surface area (Å²) in [7, 11) is 2.97. The predicted octanol–water partition coefficient (Wildman–Crippen LogP) is 6.01. The molecule has 9 heteroatoms. The number of methoxy groups -OCH3 is 1. The summed E-state index contributed by atoms with van der Waals surface area (Å²) in [6, 6.07) is 8.65. The molecule has 2 amide bonds. The number of hydrogen-bond acceptors (Lipinski definition) is 5. The van der Waals surface area contributed by atoms with Gasteiger partial charge in [0.25, 0.3) is 11.1 Å². The van der Waals surface area contributed by atoms with Gasteiger partial charge in [0.1, 0.15) is 6.61 Å². The molecule has 0 atom stereocenters. The summed E-state index contributed by atoms with van der Waals surface area (Å²) in [4.78, 5) is 25.2. The van der Waals surface area contributed by atoms with Crippen molar-refractivity contribution in [1.29, 1.82) is 0 Å². The second-order valence-corrected chi connectivity index (χ2v) is 8.48. The molecule has 146 valence electrons. The van der Waals surface area contributed by atoms with Gasteiger partial charge < -0.3 is 9.47 Å². The van der Waals surface area contributed by atoms with Gasteiger partial charge in [-0.15, -0.1) is 0 Å². The predicted molar refractivity (Wildman–Crippen MR) is 115 cm³/mol. The molecule has 2 aromatic carbocycles. The first-order valence-corrected chi connectivity index (χ1v) is 10.3. The molecule has 1 saturated heterocycles. The van der Waals surface area contributed by atoms with Crippen LogP contribution in [0.5, 0.6) is 11.5 Å². The number of amides is 2. The number of likely N-dealkylation sites (N-methyl/N-ethyl adjacent to an activating group) is 1. The monoisotopic (exact) mass is 501 g/mol. The van der Waals surface area contributed by atoms with E-state index < -0.39 is 0 Å². The number of thioether (sulfide) groups is 1.